The van der Waals surface area contributed by atoms with Crippen molar-refractivity contribution in [1.82, 2.24) is 30.6 Å². The monoisotopic (exact) mass is 646 g/mol. The van der Waals surface area contributed by atoms with Gasteiger partial charge in [0.2, 0.25) is 28.3 Å². The van der Waals surface area contributed by atoms with Crippen molar-refractivity contribution in [3.05, 3.63) is 37.1 Å². The molecule has 0 fully saturated rings. The zero-order valence-corrected chi connectivity index (χ0v) is 24.8. The van der Waals surface area contributed by atoms with Crippen molar-refractivity contribution in [2.45, 2.75) is 12.8 Å². The van der Waals surface area contributed by atoms with Gasteiger partial charge in [0.15, 0.2) is 0 Å². The minimum atomic E-state index is -0.123. The molecule has 16 heteroatoms. The van der Waals surface area contributed by atoms with E-state index in [-0.39, 0.29) is 79.4 Å². The van der Waals surface area contributed by atoms with Crippen LogP contribution in [0.15, 0.2) is 21.3 Å². The standard InChI is InChI=1S/C8H9BrClN3O2.C4HBrCl2N2.C4H9NO2.Na.H/c1-11-6(14)2-3-15-7-5(9)4-12-8(10)13-7;5-2-1-8-4(7)9-3(2)6;1-5-4(7)2-3-6;;/h4H,2-3H2,1H3,(H,11,14);1H;6H,2-3H2,1H3,(H,5,7);;/q;;;+1;-1. The maximum Gasteiger partial charge on any atom is 1.00 e. The minimum absolute atomic E-state index is 0. The summed E-state index contributed by atoms with van der Waals surface area (Å²) in [6.07, 6.45) is 3.46. The van der Waals surface area contributed by atoms with Gasteiger partial charge in [-0.2, -0.15) is 4.98 Å². The average Bonchev–Trinajstić information content (AvgIpc) is 2.74. The average molecular weight is 650 g/mol. The third-order valence-corrected chi connectivity index (χ3v) is 4.82. The summed E-state index contributed by atoms with van der Waals surface area (Å²) in [5.74, 6) is 0.118. The Balaban J connectivity index is -0.000000432. The van der Waals surface area contributed by atoms with Crippen LogP contribution in [0.25, 0.3) is 0 Å². The zero-order chi connectivity index (χ0) is 23.8. The van der Waals surface area contributed by atoms with Gasteiger partial charge in [0.05, 0.1) is 28.6 Å². The smallest absolute Gasteiger partial charge is 1.00 e. The Morgan fingerprint density at radius 3 is 1.94 bits per heavy atom. The fourth-order valence-electron chi connectivity index (χ4n) is 1.35. The van der Waals surface area contributed by atoms with Crippen LogP contribution in [0.4, 0.5) is 0 Å². The number of ether oxygens (including phenoxy) is 1. The van der Waals surface area contributed by atoms with Crippen LogP contribution in [-0.2, 0) is 9.59 Å². The Labute approximate surface area is 240 Å². The van der Waals surface area contributed by atoms with Crippen LogP contribution in [0.2, 0.25) is 15.7 Å². The van der Waals surface area contributed by atoms with E-state index in [0.29, 0.717) is 20.0 Å². The van der Waals surface area contributed by atoms with Gasteiger partial charge in [-0.05, 0) is 55.1 Å². The summed E-state index contributed by atoms with van der Waals surface area (Å²) in [6, 6.07) is 0. The molecule has 0 radical (unpaired) electrons. The molecule has 2 amide bonds. The van der Waals surface area contributed by atoms with Gasteiger partial charge in [-0.1, -0.05) is 11.6 Å². The fourth-order valence-corrected chi connectivity index (χ4v) is 2.28. The van der Waals surface area contributed by atoms with Gasteiger partial charge < -0.3 is 21.9 Å². The molecule has 3 N–H and O–H groups in total. The Morgan fingerprint density at radius 2 is 1.50 bits per heavy atom. The van der Waals surface area contributed by atoms with Crippen LogP contribution < -0.4 is 44.9 Å². The molecule has 2 aromatic heterocycles. The largest absolute Gasteiger partial charge is 1.00 e. The topological polar surface area (TPSA) is 139 Å². The molecule has 0 aliphatic heterocycles. The number of nitrogens with zero attached hydrogens (tertiary/aromatic N) is 4. The first-order valence-corrected chi connectivity index (χ1v) is 11.0. The predicted octanol–water partition coefficient (Wildman–Crippen LogP) is 0.185. The van der Waals surface area contributed by atoms with Crippen LogP contribution in [0.1, 0.15) is 14.3 Å². The molecule has 0 aliphatic carbocycles. The van der Waals surface area contributed by atoms with Crippen molar-refractivity contribution in [3.63, 3.8) is 0 Å². The van der Waals surface area contributed by atoms with E-state index in [1.165, 1.54) is 19.4 Å². The second-order valence-corrected chi connectivity index (χ2v) is 7.73. The van der Waals surface area contributed by atoms with Crippen molar-refractivity contribution in [2.24, 2.45) is 0 Å². The second-order valence-electron chi connectivity index (χ2n) is 4.99. The molecule has 2 rings (SSSR count). The number of nitrogens with one attached hydrogen (secondary N) is 2. The van der Waals surface area contributed by atoms with Gasteiger partial charge in [0.25, 0.3) is 0 Å². The Hall–Kier alpha value is -0.310. The zero-order valence-electron chi connectivity index (χ0n) is 18.3. The summed E-state index contributed by atoms with van der Waals surface area (Å²) in [7, 11) is 3.11. The summed E-state index contributed by atoms with van der Waals surface area (Å²) >= 11 is 22.8. The number of halogens is 5. The van der Waals surface area contributed by atoms with Gasteiger partial charge >= 0.3 is 29.6 Å². The van der Waals surface area contributed by atoms with Gasteiger partial charge in [0, 0.05) is 32.9 Å². The first-order valence-electron chi connectivity index (χ1n) is 8.30. The molecule has 0 atom stereocenters. The molecule has 0 unspecified atom stereocenters. The summed E-state index contributed by atoms with van der Waals surface area (Å²) in [4.78, 5) is 35.9. The number of hydrogen-bond donors (Lipinski definition) is 3. The molecule has 32 heavy (non-hydrogen) atoms. The van der Waals surface area contributed by atoms with E-state index in [4.69, 9.17) is 44.6 Å². The van der Waals surface area contributed by atoms with Gasteiger partial charge in [0.1, 0.15) is 5.15 Å². The number of carbonyl (C=O) groups excluding carboxylic acids is 2. The van der Waals surface area contributed by atoms with Crippen molar-refractivity contribution >= 4 is 78.5 Å². The molecule has 10 nitrogen and oxygen atoms in total. The molecular weight excluding hydrogens is 629 g/mol. The molecule has 0 spiro atoms. The third kappa shape index (κ3) is 16.3. The van der Waals surface area contributed by atoms with Crippen molar-refractivity contribution in [3.8, 4) is 5.88 Å². The third-order valence-electron chi connectivity index (χ3n) is 2.82. The molecule has 174 valence electrons. The summed E-state index contributed by atoms with van der Waals surface area (Å²) in [6.45, 7) is 0.172. The predicted molar refractivity (Wildman–Crippen MR) is 126 cm³/mol. The van der Waals surface area contributed by atoms with Crippen molar-refractivity contribution in [1.29, 1.82) is 0 Å². The Morgan fingerprint density at radius 1 is 1.00 bits per heavy atom. The quantitative estimate of drug-likeness (QED) is 0.229. The van der Waals surface area contributed by atoms with Crippen LogP contribution >= 0.6 is 66.7 Å². The Bertz CT molecular complexity index is 864. The van der Waals surface area contributed by atoms with Crippen LogP contribution in [-0.4, -0.2) is 64.2 Å². The van der Waals surface area contributed by atoms with Gasteiger partial charge in [-0.25, -0.2) is 15.0 Å². The molecule has 2 heterocycles. The molecule has 0 aliphatic rings. The fraction of sp³-hybridized carbons (Fsp3) is 0.375. The molecule has 0 saturated heterocycles. The number of amides is 2. The van der Waals surface area contributed by atoms with Gasteiger partial charge in [-0.15, -0.1) is 0 Å². The normalized spacial score (nSPS) is 9.12. The number of aliphatic hydroxyl groups excluding tert-OH is 1. The molecule has 0 aromatic carbocycles. The SMILES string of the molecule is CNC(=O)CCO.CNC(=O)CCOc1nc(Cl)ncc1Br.Clc1ncc(Br)c(Cl)n1.[H-].[Na+]. The molecule has 0 saturated carbocycles. The summed E-state index contributed by atoms with van der Waals surface area (Å²) < 4.78 is 6.49. The molecular formula is C16H20Br2Cl3N6NaO4. The molecule has 2 aromatic rings. The maximum absolute atomic E-state index is 10.9. The van der Waals surface area contributed by atoms with Crippen LogP contribution in [0.5, 0.6) is 5.88 Å². The molecule has 0 bridgehead atoms. The van der Waals surface area contributed by atoms with E-state index >= 15 is 0 Å². The number of hydrogen-bond acceptors (Lipinski definition) is 8. The Kier molecular flexibility index (Phi) is 21.3. The second kappa shape index (κ2) is 20.1. The van der Waals surface area contributed by atoms with E-state index < -0.39 is 0 Å². The maximum atomic E-state index is 10.9. The van der Waals surface area contributed by atoms with Crippen molar-refractivity contribution in [2.75, 3.05) is 27.3 Å². The van der Waals surface area contributed by atoms with E-state index in [1.54, 1.807) is 7.05 Å². The van der Waals surface area contributed by atoms with Crippen LogP contribution in [0, 0.1) is 0 Å². The van der Waals surface area contributed by atoms with Gasteiger partial charge in [-0.3, -0.25) is 9.59 Å². The number of aromatic nitrogens is 4. The van der Waals surface area contributed by atoms with Crippen LogP contribution in [0.3, 0.4) is 0 Å². The summed E-state index contributed by atoms with van der Waals surface area (Å²) in [5, 5.41) is 13.6. The minimum Gasteiger partial charge on any atom is -1.00 e. The van der Waals surface area contributed by atoms with E-state index in [1.807, 2.05) is 0 Å². The first kappa shape index (κ1) is 33.9. The van der Waals surface area contributed by atoms with E-state index in [0.717, 1.165) is 0 Å². The number of rotatable bonds is 6. The first-order chi connectivity index (χ1) is 14.6. The van der Waals surface area contributed by atoms with E-state index in [9.17, 15) is 9.59 Å². The summed E-state index contributed by atoms with van der Waals surface area (Å²) in [5.41, 5.74) is 0. The number of carbonyl (C=O) groups is 2. The van der Waals surface area contributed by atoms with Crippen molar-refractivity contribution < 1.29 is 50.4 Å². The number of aliphatic hydroxyl groups is 1. The van der Waals surface area contributed by atoms with E-state index in [2.05, 4.69) is 62.4 Å².